The Kier molecular flexibility index (Phi) is 3.65. The summed E-state index contributed by atoms with van der Waals surface area (Å²) < 4.78 is 0. The van der Waals surface area contributed by atoms with Crippen LogP contribution in [0, 0.1) is 0 Å². The first-order chi connectivity index (χ1) is 10.3. The Bertz CT molecular complexity index is 782. The van der Waals surface area contributed by atoms with Crippen molar-refractivity contribution in [3.05, 3.63) is 66.5 Å². The van der Waals surface area contributed by atoms with Crippen LogP contribution in [0.4, 0.5) is 0 Å². The maximum Gasteiger partial charge on any atom is 0.217 e. The number of pyridine rings is 1. The molecule has 1 aromatic heterocycles. The number of nitrogens with zero attached hydrogens (tertiary/aromatic N) is 1. The lowest BCUT2D eigenvalue weighted by Crippen LogP contribution is -2.19. The molecule has 1 N–H and O–H groups in total. The van der Waals surface area contributed by atoms with Gasteiger partial charge in [-0.3, -0.25) is 9.78 Å². The normalized spacial score (nSPS) is 10.5. The second kappa shape index (κ2) is 5.75. The monoisotopic (exact) mass is 276 g/mol. The number of hydrogen-bond acceptors (Lipinski definition) is 2. The van der Waals surface area contributed by atoms with Gasteiger partial charge in [0.15, 0.2) is 0 Å². The van der Waals surface area contributed by atoms with Gasteiger partial charge in [-0.05, 0) is 28.1 Å². The van der Waals surface area contributed by atoms with Gasteiger partial charge in [0.05, 0.1) is 0 Å². The number of amides is 1. The third-order valence-corrected chi connectivity index (χ3v) is 3.52. The number of carbonyl (C=O) groups is 1. The largest absolute Gasteiger partial charge is 0.352 e. The second-order valence-corrected chi connectivity index (χ2v) is 4.97. The van der Waals surface area contributed by atoms with Crippen molar-refractivity contribution >= 4 is 16.7 Å². The number of hydrogen-bond donors (Lipinski definition) is 1. The number of carbonyl (C=O) groups excluding carboxylic acids is 1. The average Bonchev–Trinajstić information content (AvgIpc) is 2.53. The molecule has 0 spiro atoms. The highest BCUT2D eigenvalue weighted by atomic mass is 16.1. The smallest absolute Gasteiger partial charge is 0.217 e. The average molecular weight is 276 g/mol. The van der Waals surface area contributed by atoms with Gasteiger partial charge in [0.1, 0.15) is 0 Å². The van der Waals surface area contributed by atoms with Crippen LogP contribution >= 0.6 is 0 Å². The van der Waals surface area contributed by atoms with E-state index in [0.717, 1.165) is 16.3 Å². The first-order valence-electron chi connectivity index (χ1n) is 6.91. The number of fused-ring (bicyclic) bond motifs is 1. The predicted molar refractivity (Wildman–Crippen MR) is 84.7 cm³/mol. The molecule has 3 heteroatoms. The molecule has 21 heavy (non-hydrogen) atoms. The van der Waals surface area contributed by atoms with Crippen molar-refractivity contribution < 1.29 is 4.79 Å². The standard InChI is InChI=1S/C18H16N2O/c1-13(21)20-11-15-7-8-16(14-5-3-2-4-6-14)17-9-10-19-12-18(15)17/h2-10,12H,11H2,1H3,(H,20,21). The zero-order valence-electron chi connectivity index (χ0n) is 11.8. The Labute approximate surface area is 123 Å². The second-order valence-electron chi connectivity index (χ2n) is 4.97. The Hall–Kier alpha value is -2.68. The van der Waals surface area contributed by atoms with E-state index in [0.29, 0.717) is 6.54 Å². The molecule has 0 fully saturated rings. The third-order valence-electron chi connectivity index (χ3n) is 3.52. The molecule has 0 bridgehead atoms. The van der Waals surface area contributed by atoms with Crippen LogP contribution in [0.5, 0.6) is 0 Å². The minimum atomic E-state index is -0.0285. The zero-order valence-corrected chi connectivity index (χ0v) is 11.8. The molecular weight excluding hydrogens is 260 g/mol. The van der Waals surface area contributed by atoms with Gasteiger partial charge in [-0.1, -0.05) is 42.5 Å². The summed E-state index contributed by atoms with van der Waals surface area (Å²) in [6.45, 7) is 2.05. The fourth-order valence-corrected chi connectivity index (χ4v) is 2.49. The van der Waals surface area contributed by atoms with E-state index >= 15 is 0 Å². The van der Waals surface area contributed by atoms with Gasteiger partial charge in [-0.25, -0.2) is 0 Å². The highest BCUT2D eigenvalue weighted by Crippen LogP contribution is 2.30. The minimum Gasteiger partial charge on any atom is -0.352 e. The molecule has 3 aromatic rings. The van der Waals surface area contributed by atoms with Crippen LogP contribution in [0.25, 0.3) is 21.9 Å². The molecule has 0 aliphatic heterocycles. The van der Waals surface area contributed by atoms with Gasteiger partial charge >= 0.3 is 0 Å². The van der Waals surface area contributed by atoms with Crippen LogP contribution in [-0.2, 0) is 11.3 Å². The van der Waals surface area contributed by atoms with Crippen molar-refractivity contribution in [2.24, 2.45) is 0 Å². The number of benzene rings is 2. The summed E-state index contributed by atoms with van der Waals surface area (Å²) in [6.07, 6.45) is 3.66. The van der Waals surface area contributed by atoms with E-state index in [1.54, 1.807) is 6.20 Å². The van der Waals surface area contributed by atoms with Gasteiger partial charge in [0.2, 0.25) is 5.91 Å². The Morgan fingerprint density at radius 1 is 1.05 bits per heavy atom. The molecule has 0 aliphatic rings. The van der Waals surface area contributed by atoms with Crippen LogP contribution in [0.3, 0.4) is 0 Å². The van der Waals surface area contributed by atoms with Crippen molar-refractivity contribution in [1.82, 2.24) is 10.3 Å². The third kappa shape index (κ3) is 2.77. The van der Waals surface area contributed by atoms with Gasteiger partial charge in [0.25, 0.3) is 0 Å². The molecule has 0 atom stereocenters. The Morgan fingerprint density at radius 3 is 2.62 bits per heavy atom. The fraction of sp³-hybridized carbons (Fsp3) is 0.111. The fourth-order valence-electron chi connectivity index (χ4n) is 2.49. The molecule has 0 unspecified atom stereocenters. The van der Waals surface area contributed by atoms with Gasteiger partial charge in [-0.15, -0.1) is 0 Å². The van der Waals surface area contributed by atoms with Crippen molar-refractivity contribution in [2.75, 3.05) is 0 Å². The summed E-state index contributed by atoms with van der Waals surface area (Å²) in [7, 11) is 0. The topological polar surface area (TPSA) is 42.0 Å². The maximum absolute atomic E-state index is 11.1. The Balaban J connectivity index is 2.13. The van der Waals surface area contributed by atoms with Gasteiger partial charge in [0, 0.05) is 31.2 Å². The van der Waals surface area contributed by atoms with Crippen LogP contribution in [-0.4, -0.2) is 10.9 Å². The summed E-state index contributed by atoms with van der Waals surface area (Å²) in [5.41, 5.74) is 3.44. The van der Waals surface area contributed by atoms with Crippen LogP contribution in [0.2, 0.25) is 0 Å². The first kappa shape index (κ1) is 13.3. The summed E-state index contributed by atoms with van der Waals surface area (Å²) in [6, 6.07) is 16.5. The van der Waals surface area contributed by atoms with E-state index in [1.807, 2.05) is 30.5 Å². The lowest BCUT2D eigenvalue weighted by atomic mass is 9.96. The molecule has 3 rings (SSSR count). The number of rotatable bonds is 3. The van der Waals surface area contributed by atoms with E-state index in [1.165, 1.54) is 18.1 Å². The first-order valence-corrected chi connectivity index (χ1v) is 6.91. The molecule has 0 saturated heterocycles. The summed E-state index contributed by atoms with van der Waals surface area (Å²) >= 11 is 0. The molecule has 1 amide bonds. The summed E-state index contributed by atoms with van der Waals surface area (Å²) in [5, 5.41) is 5.07. The van der Waals surface area contributed by atoms with E-state index in [9.17, 15) is 4.79 Å². The van der Waals surface area contributed by atoms with E-state index in [4.69, 9.17) is 0 Å². The van der Waals surface area contributed by atoms with Crippen LogP contribution in [0.15, 0.2) is 60.9 Å². The molecule has 2 aromatic carbocycles. The quantitative estimate of drug-likeness (QED) is 0.795. The van der Waals surface area contributed by atoms with Crippen molar-refractivity contribution in [2.45, 2.75) is 13.5 Å². The minimum absolute atomic E-state index is 0.0285. The lowest BCUT2D eigenvalue weighted by molar-refractivity contribution is -0.119. The van der Waals surface area contributed by atoms with Crippen molar-refractivity contribution in [3.63, 3.8) is 0 Å². The molecule has 0 saturated carbocycles. The van der Waals surface area contributed by atoms with Crippen LogP contribution < -0.4 is 5.32 Å². The van der Waals surface area contributed by atoms with E-state index < -0.39 is 0 Å². The molecule has 0 aliphatic carbocycles. The van der Waals surface area contributed by atoms with Crippen molar-refractivity contribution in [3.8, 4) is 11.1 Å². The zero-order chi connectivity index (χ0) is 14.7. The summed E-state index contributed by atoms with van der Waals surface area (Å²) in [4.78, 5) is 15.3. The Morgan fingerprint density at radius 2 is 1.86 bits per heavy atom. The van der Waals surface area contributed by atoms with Gasteiger partial charge < -0.3 is 5.32 Å². The predicted octanol–water partition coefficient (Wildman–Crippen LogP) is 3.54. The van der Waals surface area contributed by atoms with E-state index in [-0.39, 0.29) is 5.91 Å². The molecule has 3 nitrogen and oxygen atoms in total. The highest BCUT2D eigenvalue weighted by molar-refractivity contribution is 5.98. The summed E-state index contributed by atoms with van der Waals surface area (Å²) in [5.74, 6) is -0.0285. The van der Waals surface area contributed by atoms with Crippen LogP contribution in [0.1, 0.15) is 12.5 Å². The van der Waals surface area contributed by atoms with Crippen molar-refractivity contribution in [1.29, 1.82) is 0 Å². The maximum atomic E-state index is 11.1. The van der Waals surface area contributed by atoms with E-state index in [2.05, 4.69) is 34.6 Å². The number of aromatic nitrogens is 1. The molecule has 1 heterocycles. The lowest BCUT2D eigenvalue weighted by Gasteiger charge is -2.11. The molecule has 104 valence electrons. The van der Waals surface area contributed by atoms with Gasteiger partial charge in [-0.2, -0.15) is 0 Å². The molecular formula is C18H16N2O. The molecule has 0 radical (unpaired) electrons. The highest BCUT2D eigenvalue weighted by Gasteiger charge is 2.08. The SMILES string of the molecule is CC(=O)NCc1ccc(-c2ccccc2)c2ccncc12. The number of nitrogens with one attached hydrogen (secondary N) is 1.